The number of halogens is 1. The van der Waals surface area contributed by atoms with Crippen molar-refractivity contribution in [1.82, 2.24) is 4.90 Å². The third-order valence-corrected chi connectivity index (χ3v) is 4.48. The van der Waals surface area contributed by atoms with Crippen molar-refractivity contribution >= 4 is 16.9 Å². The van der Waals surface area contributed by atoms with Crippen LogP contribution in [-0.2, 0) is 11.2 Å². The van der Waals surface area contributed by atoms with Gasteiger partial charge in [-0.3, -0.25) is 4.79 Å². The molecule has 0 radical (unpaired) electrons. The van der Waals surface area contributed by atoms with E-state index in [1.54, 1.807) is 30.3 Å². The molecule has 124 valence electrons. The van der Waals surface area contributed by atoms with Gasteiger partial charge >= 0.3 is 0 Å². The summed E-state index contributed by atoms with van der Waals surface area (Å²) < 4.78 is 18.6. The van der Waals surface area contributed by atoms with E-state index in [1.807, 2.05) is 32.0 Å². The molecule has 24 heavy (non-hydrogen) atoms. The number of fused-ring (bicyclic) bond motifs is 1. The lowest BCUT2D eigenvalue weighted by Gasteiger charge is -2.25. The van der Waals surface area contributed by atoms with Crippen LogP contribution >= 0.6 is 0 Å². The van der Waals surface area contributed by atoms with Gasteiger partial charge < -0.3 is 9.32 Å². The van der Waals surface area contributed by atoms with Gasteiger partial charge in [-0.2, -0.15) is 0 Å². The van der Waals surface area contributed by atoms with E-state index in [0.29, 0.717) is 0 Å². The van der Waals surface area contributed by atoms with Crippen LogP contribution in [0.4, 0.5) is 4.39 Å². The van der Waals surface area contributed by atoms with Crippen LogP contribution in [0, 0.1) is 12.7 Å². The fourth-order valence-electron chi connectivity index (χ4n) is 2.80. The van der Waals surface area contributed by atoms with Crippen LogP contribution in [-0.4, -0.2) is 17.9 Å². The molecule has 3 rings (SSSR count). The van der Waals surface area contributed by atoms with E-state index in [4.69, 9.17) is 4.42 Å². The number of rotatable bonds is 4. The average molecular weight is 325 g/mol. The van der Waals surface area contributed by atoms with Gasteiger partial charge in [0.2, 0.25) is 5.91 Å². The molecule has 1 heterocycles. The topological polar surface area (TPSA) is 33.5 Å². The smallest absolute Gasteiger partial charge is 0.227 e. The summed E-state index contributed by atoms with van der Waals surface area (Å²) in [4.78, 5) is 14.3. The lowest BCUT2D eigenvalue weighted by atomic mass is 10.1. The molecule has 2 aromatic carbocycles. The SMILES string of the molecule is Cc1ccc2c(CC(=O)N(C)C(C)c3ccc(F)cc3)coc2c1. The molecule has 3 aromatic rings. The highest BCUT2D eigenvalue weighted by Crippen LogP contribution is 2.25. The lowest BCUT2D eigenvalue weighted by Crippen LogP contribution is -2.30. The van der Waals surface area contributed by atoms with Crippen LogP contribution in [0.25, 0.3) is 11.0 Å². The summed E-state index contributed by atoms with van der Waals surface area (Å²) in [5.41, 5.74) is 3.71. The summed E-state index contributed by atoms with van der Waals surface area (Å²) in [6, 6.07) is 12.1. The van der Waals surface area contributed by atoms with Crippen molar-refractivity contribution in [2.75, 3.05) is 7.05 Å². The van der Waals surface area contributed by atoms with Crippen molar-refractivity contribution in [3.8, 4) is 0 Å². The standard InChI is InChI=1S/C20H20FNO2/c1-13-4-9-18-16(12-24-19(18)10-13)11-20(23)22(3)14(2)15-5-7-17(21)8-6-15/h4-10,12,14H,11H2,1-3H3. The summed E-state index contributed by atoms with van der Waals surface area (Å²) in [6.45, 7) is 3.94. The minimum atomic E-state index is -0.278. The average Bonchev–Trinajstić information content (AvgIpc) is 2.96. The van der Waals surface area contributed by atoms with Crippen LogP contribution in [0.3, 0.4) is 0 Å². The highest BCUT2D eigenvalue weighted by Gasteiger charge is 2.19. The fourth-order valence-corrected chi connectivity index (χ4v) is 2.80. The Morgan fingerprint density at radius 2 is 1.92 bits per heavy atom. The summed E-state index contributed by atoms with van der Waals surface area (Å²) in [5.74, 6) is -0.282. The Labute approximate surface area is 140 Å². The largest absolute Gasteiger partial charge is 0.464 e. The van der Waals surface area contributed by atoms with E-state index in [-0.39, 0.29) is 24.2 Å². The van der Waals surface area contributed by atoms with Gasteiger partial charge in [-0.1, -0.05) is 24.3 Å². The molecule has 1 amide bonds. The number of carbonyl (C=O) groups is 1. The number of nitrogens with zero attached hydrogens (tertiary/aromatic N) is 1. The molecule has 0 N–H and O–H groups in total. The van der Waals surface area contributed by atoms with Crippen molar-refractivity contribution in [3.63, 3.8) is 0 Å². The van der Waals surface area contributed by atoms with Gasteiger partial charge in [0.05, 0.1) is 18.7 Å². The molecule has 0 aliphatic heterocycles. The second-order valence-corrected chi connectivity index (χ2v) is 6.17. The third kappa shape index (κ3) is 3.18. The van der Waals surface area contributed by atoms with Crippen LogP contribution in [0.5, 0.6) is 0 Å². The molecule has 0 fully saturated rings. The van der Waals surface area contributed by atoms with Crippen molar-refractivity contribution < 1.29 is 13.6 Å². The maximum atomic E-state index is 13.0. The number of aryl methyl sites for hydroxylation is 1. The van der Waals surface area contributed by atoms with Gasteiger partial charge in [0.1, 0.15) is 11.4 Å². The van der Waals surface area contributed by atoms with Crippen LogP contribution in [0.2, 0.25) is 0 Å². The Bertz CT molecular complexity index is 867. The normalized spacial score (nSPS) is 12.3. The van der Waals surface area contributed by atoms with E-state index in [9.17, 15) is 9.18 Å². The van der Waals surface area contributed by atoms with E-state index in [2.05, 4.69) is 0 Å². The van der Waals surface area contributed by atoms with E-state index >= 15 is 0 Å². The van der Waals surface area contributed by atoms with E-state index < -0.39 is 0 Å². The first kappa shape index (κ1) is 16.2. The van der Waals surface area contributed by atoms with Gasteiger partial charge in [-0.05, 0) is 43.2 Å². The number of hydrogen-bond donors (Lipinski definition) is 0. The van der Waals surface area contributed by atoms with Crippen molar-refractivity contribution in [3.05, 3.63) is 71.2 Å². The zero-order chi connectivity index (χ0) is 17.3. The molecule has 0 aliphatic carbocycles. The maximum Gasteiger partial charge on any atom is 0.227 e. The molecular formula is C20H20FNO2. The molecule has 0 bridgehead atoms. The Morgan fingerprint density at radius 1 is 1.21 bits per heavy atom. The minimum Gasteiger partial charge on any atom is -0.464 e. The predicted molar refractivity (Wildman–Crippen MR) is 92.2 cm³/mol. The van der Waals surface area contributed by atoms with Crippen molar-refractivity contribution in [2.45, 2.75) is 26.3 Å². The van der Waals surface area contributed by atoms with Gasteiger partial charge in [0.25, 0.3) is 0 Å². The maximum absolute atomic E-state index is 13.0. The first-order valence-electron chi connectivity index (χ1n) is 7.93. The molecule has 1 atom stereocenters. The molecule has 0 aliphatic rings. The quantitative estimate of drug-likeness (QED) is 0.700. The number of hydrogen-bond acceptors (Lipinski definition) is 2. The first-order valence-corrected chi connectivity index (χ1v) is 7.93. The number of furan rings is 1. The van der Waals surface area contributed by atoms with Gasteiger partial charge in [0.15, 0.2) is 0 Å². The molecule has 1 unspecified atom stereocenters. The lowest BCUT2D eigenvalue weighted by molar-refractivity contribution is -0.131. The van der Waals surface area contributed by atoms with Crippen LogP contribution in [0.1, 0.15) is 29.7 Å². The number of benzene rings is 2. The molecule has 0 saturated heterocycles. The Balaban J connectivity index is 1.76. The van der Waals surface area contributed by atoms with Crippen LogP contribution in [0.15, 0.2) is 53.1 Å². The zero-order valence-corrected chi connectivity index (χ0v) is 14.0. The molecular weight excluding hydrogens is 305 g/mol. The van der Waals surface area contributed by atoms with Gasteiger partial charge in [-0.25, -0.2) is 4.39 Å². The minimum absolute atomic E-state index is 0.00454. The second kappa shape index (κ2) is 6.48. The first-order chi connectivity index (χ1) is 11.5. The predicted octanol–water partition coefficient (Wildman–Crippen LogP) is 4.64. The summed E-state index contributed by atoms with van der Waals surface area (Å²) >= 11 is 0. The fraction of sp³-hybridized carbons (Fsp3) is 0.250. The Kier molecular flexibility index (Phi) is 4.38. The monoisotopic (exact) mass is 325 g/mol. The van der Waals surface area contributed by atoms with E-state index in [1.165, 1.54) is 12.1 Å². The highest BCUT2D eigenvalue weighted by atomic mass is 19.1. The number of likely N-dealkylation sites (N-methyl/N-ethyl adjacent to an activating group) is 1. The molecule has 4 heteroatoms. The third-order valence-electron chi connectivity index (χ3n) is 4.48. The molecule has 1 aromatic heterocycles. The van der Waals surface area contributed by atoms with Crippen molar-refractivity contribution in [2.24, 2.45) is 0 Å². The van der Waals surface area contributed by atoms with Crippen molar-refractivity contribution in [1.29, 1.82) is 0 Å². The number of amides is 1. The summed E-state index contributed by atoms with van der Waals surface area (Å²) in [5, 5.41) is 0.969. The number of carbonyl (C=O) groups excluding carboxylic acids is 1. The Hall–Kier alpha value is -2.62. The van der Waals surface area contributed by atoms with Gasteiger partial charge in [-0.15, -0.1) is 0 Å². The zero-order valence-electron chi connectivity index (χ0n) is 14.0. The second-order valence-electron chi connectivity index (χ2n) is 6.17. The Morgan fingerprint density at radius 3 is 2.62 bits per heavy atom. The van der Waals surface area contributed by atoms with Gasteiger partial charge in [0, 0.05) is 18.0 Å². The van der Waals surface area contributed by atoms with Crippen LogP contribution < -0.4 is 0 Å². The molecule has 0 saturated carbocycles. The summed E-state index contributed by atoms with van der Waals surface area (Å²) in [7, 11) is 1.77. The van der Waals surface area contributed by atoms with E-state index in [0.717, 1.165) is 27.7 Å². The highest BCUT2D eigenvalue weighted by molar-refractivity contribution is 5.88. The summed E-state index contributed by atoms with van der Waals surface area (Å²) in [6.07, 6.45) is 1.93. The molecule has 0 spiro atoms. The molecule has 3 nitrogen and oxygen atoms in total.